The molecule has 0 bridgehead atoms. The van der Waals surface area contributed by atoms with E-state index in [1.54, 1.807) is 12.5 Å². The molecule has 0 spiro atoms. The van der Waals surface area contributed by atoms with Crippen LogP contribution in [0.25, 0.3) is 0 Å². The third kappa shape index (κ3) is 4.90. The summed E-state index contributed by atoms with van der Waals surface area (Å²) in [4.78, 5) is 3.99. The summed E-state index contributed by atoms with van der Waals surface area (Å²) < 4.78 is 13.4. The van der Waals surface area contributed by atoms with E-state index in [-0.39, 0.29) is 0 Å². The van der Waals surface area contributed by atoms with E-state index >= 15 is 0 Å². The number of hydrogen-bond donors (Lipinski definition) is 0. The third-order valence-electron chi connectivity index (χ3n) is 3.60. The molecule has 4 nitrogen and oxygen atoms in total. The lowest BCUT2D eigenvalue weighted by molar-refractivity contribution is 0.0939. The van der Waals surface area contributed by atoms with Crippen molar-refractivity contribution in [3.63, 3.8) is 0 Å². The summed E-state index contributed by atoms with van der Waals surface area (Å²) in [5, 5.41) is 0. The molecule has 2 rings (SSSR count). The Morgan fingerprint density at radius 2 is 2.05 bits per heavy atom. The molecule has 0 radical (unpaired) electrons. The van der Waals surface area contributed by atoms with Crippen LogP contribution in [-0.2, 0) is 11.3 Å². The van der Waals surface area contributed by atoms with Gasteiger partial charge in [0.15, 0.2) is 0 Å². The zero-order valence-electron chi connectivity index (χ0n) is 12.9. The van der Waals surface area contributed by atoms with Gasteiger partial charge in [-0.1, -0.05) is 32.0 Å². The molecule has 0 amide bonds. The Balaban J connectivity index is 1.69. The first-order valence-corrected chi connectivity index (χ1v) is 7.56. The van der Waals surface area contributed by atoms with Crippen LogP contribution in [0.3, 0.4) is 0 Å². The molecule has 1 unspecified atom stereocenters. The largest absolute Gasteiger partial charge is 0.491 e. The van der Waals surface area contributed by atoms with Crippen LogP contribution in [0.5, 0.6) is 5.75 Å². The fourth-order valence-corrected chi connectivity index (χ4v) is 2.14. The fraction of sp³-hybridized carbons (Fsp3) is 0.471. The van der Waals surface area contributed by atoms with Crippen molar-refractivity contribution in [1.29, 1.82) is 0 Å². The predicted molar refractivity (Wildman–Crippen MR) is 83.7 cm³/mol. The van der Waals surface area contributed by atoms with Crippen molar-refractivity contribution in [2.75, 3.05) is 19.8 Å². The molecular weight excluding hydrogens is 264 g/mol. The summed E-state index contributed by atoms with van der Waals surface area (Å²) in [7, 11) is 0. The van der Waals surface area contributed by atoms with E-state index in [2.05, 4.69) is 31.0 Å². The van der Waals surface area contributed by atoms with Crippen LogP contribution in [-0.4, -0.2) is 29.4 Å². The van der Waals surface area contributed by atoms with Crippen LogP contribution < -0.4 is 4.74 Å². The number of nitrogens with zero attached hydrogens (tertiary/aromatic N) is 2. The van der Waals surface area contributed by atoms with E-state index in [4.69, 9.17) is 9.47 Å². The average molecular weight is 288 g/mol. The maximum atomic E-state index is 5.85. The SMILES string of the molecule is CCC(C)c1ccccc1OCCOCCn1ccnc1. The standard InChI is InChI=1S/C17H24N2O2/c1-3-15(2)16-6-4-5-7-17(16)21-13-12-20-11-10-19-9-8-18-14-19/h4-9,14-15H,3,10-13H2,1-2H3. The molecule has 21 heavy (non-hydrogen) atoms. The lowest BCUT2D eigenvalue weighted by Crippen LogP contribution is -2.11. The molecule has 0 saturated carbocycles. The lowest BCUT2D eigenvalue weighted by Gasteiger charge is -2.15. The highest BCUT2D eigenvalue weighted by Gasteiger charge is 2.09. The Morgan fingerprint density at radius 1 is 1.19 bits per heavy atom. The van der Waals surface area contributed by atoms with Gasteiger partial charge in [0.25, 0.3) is 0 Å². The number of ether oxygens (including phenoxy) is 2. The van der Waals surface area contributed by atoms with Gasteiger partial charge in [-0.25, -0.2) is 4.98 Å². The lowest BCUT2D eigenvalue weighted by atomic mass is 9.98. The topological polar surface area (TPSA) is 36.3 Å². The van der Waals surface area contributed by atoms with E-state index in [1.165, 1.54) is 5.56 Å². The Hall–Kier alpha value is -1.81. The van der Waals surface area contributed by atoms with Gasteiger partial charge in [0.2, 0.25) is 0 Å². The second-order valence-electron chi connectivity index (χ2n) is 5.11. The third-order valence-corrected chi connectivity index (χ3v) is 3.60. The number of hydrogen-bond acceptors (Lipinski definition) is 3. The molecule has 1 aromatic carbocycles. The Morgan fingerprint density at radius 3 is 2.81 bits per heavy atom. The molecule has 0 saturated heterocycles. The molecule has 1 aromatic heterocycles. The summed E-state index contributed by atoms with van der Waals surface area (Å²) >= 11 is 0. The molecular formula is C17H24N2O2. The minimum atomic E-state index is 0.517. The second-order valence-corrected chi connectivity index (χ2v) is 5.11. The molecule has 1 atom stereocenters. The van der Waals surface area contributed by atoms with E-state index in [9.17, 15) is 0 Å². The van der Waals surface area contributed by atoms with Crippen LogP contribution in [0.15, 0.2) is 43.0 Å². The van der Waals surface area contributed by atoms with E-state index < -0.39 is 0 Å². The van der Waals surface area contributed by atoms with Gasteiger partial charge in [-0.3, -0.25) is 0 Å². The molecule has 1 heterocycles. The van der Waals surface area contributed by atoms with Gasteiger partial charge in [0.1, 0.15) is 12.4 Å². The van der Waals surface area contributed by atoms with Crippen LogP contribution in [0.4, 0.5) is 0 Å². The van der Waals surface area contributed by atoms with Gasteiger partial charge < -0.3 is 14.0 Å². The van der Waals surface area contributed by atoms with Gasteiger partial charge in [0, 0.05) is 18.9 Å². The molecule has 0 aliphatic heterocycles. The first-order valence-electron chi connectivity index (χ1n) is 7.56. The molecule has 0 aliphatic carbocycles. The smallest absolute Gasteiger partial charge is 0.122 e. The Bertz CT molecular complexity index is 511. The Labute approximate surface area is 126 Å². The van der Waals surface area contributed by atoms with Gasteiger partial charge in [0.05, 0.1) is 19.5 Å². The zero-order chi connectivity index (χ0) is 14.9. The highest BCUT2D eigenvalue weighted by atomic mass is 16.5. The molecule has 4 heteroatoms. The average Bonchev–Trinajstić information content (AvgIpc) is 3.03. The van der Waals surface area contributed by atoms with Crippen LogP contribution >= 0.6 is 0 Å². The number of para-hydroxylation sites is 1. The van der Waals surface area contributed by atoms with Crippen molar-refractivity contribution in [1.82, 2.24) is 9.55 Å². The van der Waals surface area contributed by atoms with Crippen LogP contribution in [0, 0.1) is 0 Å². The maximum Gasteiger partial charge on any atom is 0.122 e. The molecule has 2 aromatic rings. The molecule has 0 N–H and O–H groups in total. The number of rotatable bonds is 9. The summed E-state index contributed by atoms with van der Waals surface area (Å²) in [5.41, 5.74) is 1.28. The number of benzene rings is 1. The van der Waals surface area contributed by atoms with Gasteiger partial charge in [-0.2, -0.15) is 0 Å². The van der Waals surface area contributed by atoms with Crippen molar-refractivity contribution in [2.24, 2.45) is 0 Å². The number of imidazole rings is 1. The minimum absolute atomic E-state index is 0.517. The molecule has 114 valence electrons. The van der Waals surface area contributed by atoms with Crippen molar-refractivity contribution in [2.45, 2.75) is 32.7 Å². The molecule has 0 fully saturated rings. The van der Waals surface area contributed by atoms with E-state index in [0.29, 0.717) is 25.7 Å². The summed E-state index contributed by atoms with van der Waals surface area (Å²) in [5.74, 6) is 1.49. The summed E-state index contributed by atoms with van der Waals surface area (Å²) in [6.07, 6.45) is 6.61. The Kier molecular flexibility index (Phi) is 6.28. The second kappa shape index (κ2) is 8.47. The first kappa shape index (κ1) is 15.6. The van der Waals surface area contributed by atoms with Crippen molar-refractivity contribution >= 4 is 0 Å². The van der Waals surface area contributed by atoms with Crippen molar-refractivity contribution < 1.29 is 9.47 Å². The number of aromatic nitrogens is 2. The zero-order valence-corrected chi connectivity index (χ0v) is 12.9. The maximum absolute atomic E-state index is 5.85. The monoisotopic (exact) mass is 288 g/mol. The van der Waals surface area contributed by atoms with Crippen molar-refractivity contribution in [3.8, 4) is 5.75 Å². The quantitative estimate of drug-likeness (QED) is 0.663. The van der Waals surface area contributed by atoms with Crippen LogP contribution in [0.1, 0.15) is 31.7 Å². The van der Waals surface area contributed by atoms with E-state index in [1.807, 2.05) is 22.9 Å². The fourth-order valence-electron chi connectivity index (χ4n) is 2.14. The van der Waals surface area contributed by atoms with Gasteiger partial charge >= 0.3 is 0 Å². The normalized spacial score (nSPS) is 12.3. The predicted octanol–water partition coefficient (Wildman–Crippen LogP) is 3.49. The van der Waals surface area contributed by atoms with Gasteiger partial charge in [-0.05, 0) is 24.0 Å². The van der Waals surface area contributed by atoms with Gasteiger partial charge in [-0.15, -0.1) is 0 Å². The van der Waals surface area contributed by atoms with E-state index in [0.717, 1.165) is 18.7 Å². The highest BCUT2D eigenvalue weighted by Crippen LogP contribution is 2.28. The summed E-state index contributed by atoms with van der Waals surface area (Å²) in [6.45, 7) is 7.10. The summed E-state index contributed by atoms with van der Waals surface area (Å²) in [6, 6.07) is 8.26. The van der Waals surface area contributed by atoms with Crippen molar-refractivity contribution in [3.05, 3.63) is 48.5 Å². The minimum Gasteiger partial charge on any atom is -0.491 e. The van der Waals surface area contributed by atoms with Crippen LogP contribution in [0.2, 0.25) is 0 Å². The molecule has 0 aliphatic rings. The highest BCUT2D eigenvalue weighted by molar-refractivity contribution is 5.35. The first-order chi connectivity index (χ1) is 10.3.